The molecule has 1 atom stereocenters. The summed E-state index contributed by atoms with van der Waals surface area (Å²) in [4.78, 5) is 17.3. The third kappa shape index (κ3) is 3.48. The van der Waals surface area contributed by atoms with Crippen LogP contribution in [0, 0.1) is 0 Å². The van der Waals surface area contributed by atoms with Gasteiger partial charge in [0.1, 0.15) is 0 Å². The summed E-state index contributed by atoms with van der Waals surface area (Å²) in [5.74, 6) is 0.311. The smallest absolute Gasteiger partial charge is 0.249 e. The molecule has 0 aromatic rings. The Hall–Kier alpha value is -0.870. The number of likely N-dealkylation sites (tertiary alicyclic amines) is 2. The van der Waals surface area contributed by atoms with E-state index in [9.17, 15) is 4.79 Å². The fourth-order valence-electron chi connectivity index (χ4n) is 4.61. The molecule has 2 aliphatic heterocycles. The van der Waals surface area contributed by atoms with Gasteiger partial charge in [0, 0.05) is 36.9 Å². The molecule has 1 aliphatic carbocycles. The van der Waals surface area contributed by atoms with Crippen molar-refractivity contribution in [2.24, 2.45) is 0 Å². The zero-order chi connectivity index (χ0) is 16.3. The van der Waals surface area contributed by atoms with E-state index in [2.05, 4.69) is 29.8 Å². The molecule has 4 heteroatoms. The third-order valence-electron chi connectivity index (χ3n) is 6.30. The van der Waals surface area contributed by atoms with Crippen LogP contribution in [0.5, 0.6) is 0 Å². The molecule has 2 fully saturated rings. The van der Waals surface area contributed by atoms with Gasteiger partial charge in [-0.05, 0) is 65.3 Å². The Morgan fingerprint density at radius 3 is 2.74 bits per heavy atom. The first-order chi connectivity index (χ1) is 11.2. The van der Waals surface area contributed by atoms with Gasteiger partial charge in [0.2, 0.25) is 5.91 Å². The zero-order valence-corrected chi connectivity index (χ0v) is 14.9. The summed E-state index contributed by atoms with van der Waals surface area (Å²) in [6.45, 7) is 5.55. The standard InChI is InChI=1S/C19H32N2O2/c1-3-23-15-17-9-10-19(20(17)2)11-13-21(14-12-19)18(22)16-7-5-4-6-8-16/h7,17H,3-6,8-15H2,1-2H3. The molecule has 1 amide bonds. The summed E-state index contributed by atoms with van der Waals surface area (Å²) in [7, 11) is 2.26. The van der Waals surface area contributed by atoms with Crippen LogP contribution in [0.25, 0.3) is 0 Å². The highest BCUT2D eigenvalue weighted by molar-refractivity contribution is 5.93. The summed E-state index contributed by atoms with van der Waals surface area (Å²) in [5.41, 5.74) is 1.38. The van der Waals surface area contributed by atoms with E-state index in [1.165, 1.54) is 25.7 Å². The molecule has 0 bridgehead atoms. The van der Waals surface area contributed by atoms with Gasteiger partial charge in [-0.25, -0.2) is 0 Å². The van der Waals surface area contributed by atoms with E-state index < -0.39 is 0 Å². The lowest BCUT2D eigenvalue weighted by Crippen LogP contribution is -2.54. The number of rotatable bonds is 4. The van der Waals surface area contributed by atoms with E-state index in [-0.39, 0.29) is 0 Å². The fraction of sp³-hybridized carbons (Fsp3) is 0.842. The SMILES string of the molecule is CCOCC1CCC2(CCN(C(=O)C3=CCCCC3)CC2)N1C. The van der Waals surface area contributed by atoms with Crippen molar-refractivity contribution in [3.8, 4) is 0 Å². The fourth-order valence-corrected chi connectivity index (χ4v) is 4.61. The minimum absolute atomic E-state index is 0.305. The highest BCUT2D eigenvalue weighted by atomic mass is 16.5. The normalized spacial score (nSPS) is 28.2. The van der Waals surface area contributed by atoms with Crippen LogP contribution in [0.15, 0.2) is 11.6 Å². The lowest BCUT2D eigenvalue weighted by Gasteiger charge is -2.45. The van der Waals surface area contributed by atoms with E-state index in [1.54, 1.807) is 0 Å². The second-order valence-electron chi connectivity index (χ2n) is 7.45. The molecule has 0 saturated carbocycles. The van der Waals surface area contributed by atoms with Crippen LogP contribution in [0.1, 0.15) is 58.3 Å². The number of carbonyl (C=O) groups is 1. The Bertz CT molecular complexity index is 452. The average Bonchev–Trinajstić information content (AvgIpc) is 2.90. The first-order valence-electron chi connectivity index (χ1n) is 9.45. The molecule has 4 nitrogen and oxygen atoms in total. The van der Waals surface area contributed by atoms with Crippen molar-refractivity contribution >= 4 is 5.91 Å². The van der Waals surface area contributed by atoms with E-state index in [0.717, 1.165) is 57.6 Å². The minimum Gasteiger partial charge on any atom is -0.380 e. The Morgan fingerprint density at radius 2 is 2.09 bits per heavy atom. The first-order valence-corrected chi connectivity index (χ1v) is 9.45. The van der Waals surface area contributed by atoms with Crippen molar-refractivity contribution in [3.05, 3.63) is 11.6 Å². The van der Waals surface area contributed by atoms with Gasteiger partial charge in [0.25, 0.3) is 0 Å². The number of ether oxygens (including phenoxy) is 1. The lowest BCUT2D eigenvalue weighted by molar-refractivity contribution is -0.130. The van der Waals surface area contributed by atoms with Gasteiger partial charge in [-0.15, -0.1) is 0 Å². The van der Waals surface area contributed by atoms with Crippen LogP contribution >= 0.6 is 0 Å². The highest BCUT2D eigenvalue weighted by Crippen LogP contribution is 2.40. The monoisotopic (exact) mass is 320 g/mol. The van der Waals surface area contributed by atoms with Crippen molar-refractivity contribution in [3.63, 3.8) is 0 Å². The maximum atomic E-state index is 12.7. The predicted molar refractivity (Wildman–Crippen MR) is 92.4 cm³/mol. The molecular formula is C19H32N2O2. The Kier molecular flexibility index (Phi) is 5.42. The van der Waals surface area contributed by atoms with Gasteiger partial charge < -0.3 is 9.64 Å². The van der Waals surface area contributed by atoms with Crippen LogP contribution in [-0.4, -0.2) is 60.6 Å². The number of allylic oxidation sites excluding steroid dienone is 1. The van der Waals surface area contributed by atoms with Crippen molar-refractivity contribution < 1.29 is 9.53 Å². The minimum atomic E-state index is 0.305. The van der Waals surface area contributed by atoms with Crippen LogP contribution in [0.2, 0.25) is 0 Å². The van der Waals surface area contributed by atoms with Crippen molar-refractivity contribution in [2.45, 2.75) is 69.9 Å². The molecule has 0 N–H and O–H groups in total. The summed E-state index contributed by atoms with van der Waals surface area (Å²) in [6, 6.07) is 0.554. The molecule has 130 valence electrons. The highest BCUT2D eigenvalue weighted by Gasteiger charge is 2.46. The second kappa shape index (κ2) is 7.35. The van der Waals surface area contributed by atoms with Gasteiger partial charge >= 0.3 is 0 Å². The van der Waals surface area contributed by atoms with Gasteiger partial charge in [-0.1, -0.05) is 6.08 Å². The number of piperidine rings is 1. The first kappa shape index (κ1) is 17.0. The number of likely N-dealkylation sites (N-methyl/N-ethyl adjacent to an activating group) is 1. The number of hydrogen-bond donors (Lipinski definition) is 0. The average molecular weight is 320 g/mol. The van der Waals surface area contributed by atoms with E-state index in [0.29, 0.717) is 17.5 Å². The predicted octanol–water partition coefficient (Wildman–Crippen LogP) is 2.98. The summed E-state index contributed by atoms with van der Waals surface area (Å²) in [5, 5.41) is 0. The van der Waals surface area contributed by atoms with Crippen molar-refractivity contribution in [1.29, 1.82) is 0 Å². The molecule has 3 rings (SSSR count). The van der Waals surface area contributed by atoms with Crippen molar-refractivity contribution in [2.75, 3.05) is 33.4 Å². The van der Waals surface area contributed by atoms with Gasteiger partial charge in [-0.2, -0.15) is 0 Å². The molecule has 3 aliphatic rings. The van der Waals surface area contributed by atoms with Gasteiger partial charge in [0.05, 0.1) is 6.61 Å². The van der Waals surface area contributed by atoms with Crippen LogP contribution in [-0.2, 0) is 9.53 Å². The third-order valence-corrected chi connectivity index (χ3v) is 6.30. The largest absolute Gasteiger partial charge is 0.380 e. The number of nitrogens with zero attached hydrogens (tertiary/aromatic N) is 2. The van der Waals surface area contributed by atoms with Crippen LogP contribution in [0.3, 0.4) is 0 Å². The Morgan fingerprint density at radius 1 is 1.30 bits per heavy atom. The number of amides is 1. The molecule has 23 heavy (non-hydrogen) atoms. The number of carbonyl (C=O) groups excluding carboxylic acids is 1. The Balaban J connectivity index is 1.56. The molecule has 2 saturated heterocycles. The molecular weight excluding hydrogens is 288 g/mol. The van der Waals surface area contributed by atoms with Crippen LogP contribution < -0.4 is 0 Å². The topological polar surface area (TPSA) is 32.8 Å². The Labute approximate surface area is 140 Å². The number of hydrogen-bond acceptors (Lipinski definition) is 3. The molecule has 0 radical (unpaired) electrons. The van der Waals surface area contributed by atoms with E-state index in [1.807, 2.05) is 0 Å². The van der Waals surface area contributed by atoms with Crippen molar-refractivity contribution in [1.82, 2.24) is 9.80 Å². The zero-order valence-electron chi connectivity index (χ0n) is 14.9. The second-order valence-corrected chi connectivity index (χ2v) is 7.45. The molecule has 0 aromatic heterocycles. The van der Waals surface area contributed by atoms with E-state index >= 15 is 0 Å². The van der Waals surface area contributed by atoms with Crippen LogP contribution in [0.4, 0.5) is 0 Å². The van der Waals surface area contributed by atoms with Gasteiger partial charge in [-0.3, -0.25) is 9.69 Å². The molecule has 2 heterocycles. The quantitative estimate of drug-likeness (QED) is 0.798. The van der Waals surface area contributed by atoms with E-state index in [4.69, 9.17) is 4.74 Å². The molecule has 1 spiro atoms. The maximum absolute atomic E-state index is 12.7. The van der Waals surface area contributed by atoms with Gasteiger partial charge in [0.15, 0.2) is 0 Å². The summed E-state index contributed by atoms with van der Waals surface area (Å²) < 4.78 is 5.65. The maximum Gasteiger partial charge on any atom is 0.249 e. The summed E-state index contributed by atoms with van der Waals surface area (Å²) >= 11 is 0. The summed E-state index contributed by atoms with van der Waals surface area (Å²) in [6.07, 6.45) is 11.4. The molecule has 1 unspecified atom stereocenters. The molecule has 0 aromatic carbocycles. The lowest BCUT2D eigenvalue weighted by atomic mass is 9.85.